The van der Waals surface area contributed by atoms with Crippen LogP contribution in [0.25, 0.3) is 0 Å². The van der Waals surface area contributed by atoms with Gasteiger partial charge in [0.15, 0.2) is 0 Å². The van der Waals surface area contributed by atoms with Crippen molar-refractivity contribution in [3.05, 3.63) is 48.0 Å². The Labute approximate surface area is 152 Å². The van der Waals surface area contributed by atoms with Crippen LogP contribution in [0.5, 0.6) is 0 Å². The minimum Gasteiger partial charge on any atom is -0.463 e. The fourth-order valence-electron chi connectivity index (χ4n) is 2.48. The fourth-order valence-corrected chi connectivity index (χ4v) is 3.91. The van der Waals surface area contributed by atoms with Crippen molar-refractivity contribution in [2.45, 2.75) is 26.3 Å². The van der Waals surface area contributed by atoms with Gasteiger partial charge in [0.2, 0.25) is 5.91 Å². The van der Waals surface area contributed by atoms with Crippen molar-refractivity contribution >= 4 is 40.2 Å². The number of amides is 1. The first-order chi connectivity index (χ1) is 11.5. The molecule has 4 nitrogen and oxygen atoms in total. The molecule has 1 heterocycles. The van der Waals surface area contributed by atoms with Gasteiger partial charge in [0.25, 0.3) is 0 Å². The van der Waals surface area contributed by atoms with Crippen LogP contribution in [0.1, 0.15) is 19.4 Å². The van der Waals surface area contributed by atoms with Crippen molar-refractivity contribution in [3.8, 4) is 0 Å². The average Bonchev–Trinajstić information content (AvgIpc) is 2.93. The highest BCUT2D eigenvalue weighted by Crippen LogP contribution is 2.28. The lowest BCUT2D eigenvalue weighted by molar-refractivity contribution is -0.137. The molecule has 0 bridgehead atoms. The molecule has 0 spiro atoms. The number of rotatable bonds is 6. The molecule has 0 unspecified atom stereocenters. The van der Waals surface area contributed by atoms with E-state index in [1.165, 1.54) is 23.4 Å². The minimum absolute atomic E-state index is 0.0517. The molecule has 6 heteroatoms. The molecule has 1 amide bonds. The Morgan fingerprint density at radius 2 is 2.12 bits per heavy atom. The molecule has 0 saturated carbocycles. The molecule has 1 saturated heterocycles. The van der Waals surface area contributed by atoms with Crippen molar-refractivity contribution in [1.29, 1.82) is 0 Å². The maximum atomic E-state index is 12.7. The van der Waals surface area contributed by atoms with E-state index in [4.69, 9.17) is 17.0 Å². The van der Waals surface area contributed by atoms with Crippen molar-refractivity contribution in [3.63, 3.8) is 0 Å². The number of carbonyl (C=O) groups excluding carboxylic acids is 2. The number of thioether (sulfide) groups is 1. The second-order valence-electron chi connectivity index (χ2n) is 5.53. The summed E-state index contributed by atoms with van der Waals surface area (Å²) in [7, 11) is 0. The predicted molar refractivity (Wildman–Crippen MR) is 101 cm³/mol. The number of thiocarbonyl (C=S) groups is 1. The fraction of sp³-hybridized carbons (Fsp3) is 0.389. The number of esters is 1. The van der Waals surface area contributed by atoms with Crippen molar-refractivity contribution < 1.29 is 14.3 Å². The van der Waals surface area contributed by atoms with Crippen LogP contribution in [0.2, 0.25) is 0 Å². The van der Waals surface area contributed by atoms with Crippen LogP contribution in [0.3, 0.4) is 0 Å². The topological polar surface area (TPSA) is 46.6 Å². The summed E-state index contributed by atoms with van der Waals surface area (Å²) in [4.78, 5) is 25.8. The first-order valence-corrected chi connectivity index (χ1v) is 9.31. The molecule has 0 aliphatic carbocycles. The number of hydrogen-bond donors (Lipinski definition) is 0. The van der Waals surface area contributed by atoms with Gasteiger partial charge in [-0.25, -0.2) is 4.79 Å². The lowest BCUT2D eigenvalue weighted by Crippen LogP contribution is -2.42. The summed E-state index contributed by atoms with van der Waals surface area (Å²) in [6.07, 6.45) is 3.66. The van der Waals surface area contributed by atoms with Crippen LogP contribution in [-0.2, 0) is 20.7 Å². The third-order valence-corrected chi connectivity index (χ3v) is 5.26. The summed E-state index contributed by atoms with van der Waals surface area (Å²) in [5.41, 5.74) is 1.18. The van der Waals surface area contributed by atoms with E-state index in [0.29, 0.717) is 10.9 Å². The minimum atomic E-state index is -0.434. The Morgan fingerprint density at radius 3 is 2.79 bits per heavy atom. The molecule has 24 heavy (non-hydrogen) atoms. The molecule has 1 aromatic carbocycles. The first-order valence-electron chi connectivity index (χ1n) is 7.91. The molecule has 2 rings (SSSR count). The number of hydrogen-bond acceptors (Lipinski definition) is 5. The van der Waals surface area contributed by atoms with E-state index in [-0.39, 0.29) is 11.9 Å². The molecule has 1 aromatic rings. The van der Waals surface area contributed by atoms with Gasteiger partial charge >= 0.3 is 5.97 Å². The van der Waals surface area contributed by atoms with Gasteiger partial charge in [-0.05, 0) is 18.9 Å². The molecule has 1 fully saturated rings. The Balaban J connectivity index is 2.04. The molecule has 0 aromatic heterocycles. The molecule has 128 valence electrons. The van der Waals surface area contributed by atoms with Gasteiger partial charge in [-0.1, -0.05) is 67.3 Å². The third kappa shape index (κ3) is 4.92. The SMILES string of the molecule is CCOC(=O)/C=C/[C@@H](C)C(=O)N1C(=S)SC[C@@H]1Cc1ccccc1. The number of benzene rings is 1. The summed E-state index contributed by atoms with van der Waals surface area (Å²) in [5.74, 6) is -0.138. The average molecular weight is 364 g/mol. The molecule has 1 aliphatic heterocycles. The number of carbonyl (C=O) groups is 2. The van der Waals surface area contributed by atoms with Gasteiger partial charge in [0, 0.05) is 11.8 Å². The number of ether oxygens (including phenoxy) is 1. The van der Waals surface area contributed by atoms with Gasteiger partial charge < -0.3 is 4.74 Å². The smallest absolute Gasteiger partial charge is 0.330 e. The molecular weight excluding hydrogens is 342 g/mol. The van der Waals surface area contributed by atoms with Crippen LogP contribution in [0.4, 0.5) is 0 Å². The van der Waals surface area contributed by atoms with Crippen molar-refractivity contribution in [1.82, 2.24) is 4.90 Å². The Hall–Kier alpha value is -1.66. The highest BCUT2D eigenvalue weighted by Gasteiger charge is 2.35. The monoisotopic (exact) mass is 363 g/mol. The highest BCUT2D eigenvalue weighted by atomic mass is 32.2. The second-order valence-corrected chi connectivity index (χ2v) is 7.18. The first kappa shape index (κ1) is 18.7. The maximum absolute atomic E-state index is 12.7. The van der Waals surface area contributed by atoms with Crippen molar-refractivity contribution in [2.75, 3.05) is 12.4 Å². The van der Waals surface area contributed by atoms with E-state index in [1.807, 2.05) is 18.2 Å². The van der Waals surface area contributed by atoms with E-state index < -0.39 is 11.9 Å². The molecule has 2 atom stereocenters. The van der Waals surface area contributed by atoms with Crippen LogP contribution >= 0.6 is 24.0 Å². The normalized spacial score (nSPS) is 18.8. The second kappa shape index (κ2) is 8.99. The zero-order valence-electron chi connectivity index (χ0n) is 13.8. The lowest BCUT2D eigenvalue weighted by atomic mass is 10.0. The highest BCUT2D eigenvalue weighted by molar-refractivity contribution is 8.23. The van der Waals surface area contributed by atoms with E-state index in [9.17, 15) is 9.59 Å². The largest absolute Gasteiger partial charge is 0.463 e. The van der Waals surface area contributed by atoms with Gasteiger partial charge in [-0.3, -0.25) is 9.69 Å². The Bertz CT molecular complexity index is 630. The van der Waals surface area contributed by atoms with E-state index >= 15 is 0 Å². The summed E-state index contributed by atoms with van der Waals surface area (Å²) >= 11 is 6.89. The van der Waals surface area contributed by atoms with Gasteiger partial charge in [0.05, 0.1) is 18.6 Å². The summed E-state index contributed by atoms with van der Waals surface area (Å²) < 4.78 is 5.45. The van der Waals surface area contributed by atoms with Crippen LogP contribution in [0, 0.1) is 5.92 Å². The van der Waals surface area contributed by atoms with E-state index in [0.717, 1.165) is 12.2 Å². The van der Waals surface area contributed by atoms with Crippen LogP contribution < -0.4 is 0 Å². The standard InChI is InChI=1S/C18H21NO3S2/c1-3-22-16(20)10-9-13(2)17(21)19-15(12-24-18(19)23)11-14-7-5-4-6-8-14/h4-10,13,15H,3,11-12H2,1-2H3/b10-9+/t13-,15+/m1/s1. The van der Waals surface area contributed by atoms with E-state index in [1.54, 1.807) is 24.8 Å². The zero-order valence-corrected chi connectivity index (χ0v) is 15.4. The predicted octanol–water partition coefficient (Wildman–Crippen LogP) is 3.21. The number of nitrogens with zero attached hydrogens (tertiary/aromatic N) is 1. The van der Waals surface area contributed by atoms with Gasteiger partial charge in [-0.15, -0.1) is 0 Å². The lowest BCUT2D eigenvalue weighted by Gasteiger charge is -2.25. The molecule has 0 N–H and O–H groups in total. The van der Waals surface area contributed by atoms with Gasteiger partial charge in [-0.2, -0.15) is 0 Å². The zero-order chi connectivity index (χ0) is 17.5. The summed E-state index contributed by atoms with van der Waals surface area (Å²) in [6, 6.07) is 10.1. The quantitative estimate of drug-likeness (QED) is 0.441. The van der Waals surface area contributed by atoms with Gasteiger partial charge in [0.1, 0.15) is 4.32 Å². The molecule has 1 aliphatic rings. The molecule has 0 radical (unpaired) electrons. The Morgan fingerprint density at radius 1 is 1.42 bits per heavy atom. The van der Waals surface area contributed by atoms with E-state index in [2.05, 4.69) is 12.1 Å². The van der Waals surface area contributed by atoms with Crippen molar-refractivity contribution in [2.24, 2.45) is 5.92 Å². The molecular formula is C18H21NO3S2. The van der Waals surface area contributed by atoms with Crippen LogP contribution in [0.15, 0.2) is 42.5 Å². The summed E-state index contributed by atoms with van der Waals surface area (Å²) in [5, 5.41) is 0. The third-order valence-electron chi connectivity index (χ3n) is 3.71. The van der Waals surface area contributed by atoms with Crippen LogP contribution in [-0.4, -0.2) is 39.5 Å². The Kier molecular flexibility index (Phi) is 6.99. The maximum Gasteiger partial charge on any atom is 0.330 e. The summed E-state index contributed by atoms with van der Waals surface area (Å²) in [6.45, 7) is 3.83.